The molecular weight excluding hydrogens is 811 g/mol. The molecule has 0 bridgehead atoms. The molecule has 6 aromatic carbocycles. The number of hydrogen-bond donors (Lipinski definition) is 9. The Bertz CT molecular complexity index is 2730. The summed E-state index contributed by atoms with van der Waals surface area (Å²) in [6.45, 7) is 2.55. The summed E-state index contributed by atoms with van der Waals surface area (Å²) in [5.41, 5.74) is 13.6. The van der Waals surface area contributed by atoms with E-state index < -0.39 is 52.9 Å². The lowest BCUT2D eigenvalue weighted by atomic mass is 10.1. The summed E-state index contributed by atoms with van der Waals surface area (Å²) >= 11 is 0. The molecule has 0 saturated heterocycles. The van der Waals surface area contributed by atoms with Gasteiger partial charge in [-0.1, -0.05) is 0 Å². The Kier molecular flexibility index (Phi) is 11.9. The highest BCUT2D eigenvalue weighted by atomic mass is 32.2. The highest BCUT2D eigenvalue weighted by molar-refractivity contribution is 7.86. The number of azo groups is 2. The van der Waals surface area contributed by atoms with Gasteiger partial charge in [-0.2, -0.15) is 16.8 Å². The van der Waals surface area contributed by atoms with Crippen LogP contribution in [-0.4, -0.2) is 72.8 Å². The summed E-state index contributed by atoms with van der Waals surface area (Å²) in [6.07, 6.45) is 0. The lowest BCUT2D eigenvalue weighted by Gasteiger charge is -2.14. The summed E-state index contributed by atoms with van der Waals surface area (Å²) in [5.74, 6) is -0.988. The Morgan fingerprint density at radius 1 is 0.593 bits per heavy atom. The topological polar surface area (TPSA) is 322 Å². The van der Waals surface area contributed by atoms with Gasteiger partial charge in [0.15, 0.2) is 11.5 Å². The second-order valence-electron chi connectivity index (χ2n) is 13.0. The minimum atomic E-state index is -4.99. The molecule has 0 heterocycles. The van der Waals surface area contributed by atoms with Gasteiger partial charge < -0.3 is 46.7 Å². The highest BCUT2D eigenvalue weighted by Crippen LogP contribution is 2.45. The van der Waals surface area contributed by atoms with Crippen LogP contribution in [0, 0.1) is 13.8 Å². The largest absolute Gasteiger partial charge is 0.505 e. The number of phenolic OH excluding ortho intramolecular Hbond substituents is 2. The lowest BCUT2D eigenvalue weighted by molar-refractivity contribution is 0.202. The van der Waals surface area contributed by atoms with E-state index in [1.54, 1.807) is 13.8 Å². The van der Waals surface area contributed by atoms with Gasteiger partial charge in [-0.3, -0.25) is 9.11 Å². The predicted molar refractivity (Wildman–Crippen MR) is 219 cm³/mol. The van der Waals surface area contributed by atoms with Gasteiger partial charge in [0, 0.05) is 45.7 Å². The third-order valence-corrected chi connectivity index (χ3v) is 10.6. The quantitative estimate of drug-likeness (QED) is 0.0303. The number of fused-ring (bicyclic) bond motifs is 2. The van der Waals surface area contributed by atoms with Crippen LogP contribution >= 0.6 is 0 Å². The van der Waals surface area contributed by atoms with Crippen LogP contribution in [0.25, 0.3) is 21.5 Å². The van der Waals surface area contributed by atoms with E-state index in [1.807, 2.05) is 0 Å². The minimum absolute atomic E-state index is 0.101. The van der Waals surface area contributed by atoms with Crippen molar-refractivity contribution >= 4 is 87.3 Å². The van der Waals surface area contributed by atoms with Crippen molar-refractivity contribution in [3.8, 4) is 23.0 Å². The van der Waals surface area contributed by atoms with Crippen molar-refractivity contribution in [1.82, 2.24) is 0 Å². The van der Waals surface area contributed by atoms with Crippen LogP contribution in [-0.2, 0) is 20.2 Å². The Balaban J connectivity index is 1.37. The molecule has 0 aliphatic heterocycles. The molecule has 0 spiro atoms. The third-order valence-electron chi connectivity index (χ3n) is 8.85. The molecule has 0 atom stereocenters. The normalized spacial score (nSPS) is 12.2. The van der Waals surface area contributed by atoms with Gasteiger partial charge in [0.05, 0.1) is 13.2 Å². The first-order chi connectivity index (χ1) is 27.9. The molecule has 0 saturated carbocycles. The zero-order valence-corrected chi connectivity index (χ0v) is 32.8. The van der Waals surface area contributed by atoms with E-state index in [4.69, 9.17) is 20.9 Å². The molecule has 59 heavy (non-hydrogen) atoms. The Morgan fingerprint density at radius 3 is 1.34 bits per heavy atom. The lowest BCUT2D eigenvalue weighted by Crippen LogP contribution is -2.03. The maximum Gasteiger partial charge on any atom is 0.296 e. The number of nitrogens with one attached hydrogen (secondary N) is 1. The van der Waals surface area contributed by atoms with E-state index in [2.05, 4.69) is 25.8 Å². The number of aliphatic hydroxyl groups is 2. The van der Waals surface area contributed by atoms with Gasteiger partial charge >= 0.3 is 0 Å². The number of aryl methyl sites for hydroxylation is 2. The maximum atomic E-state index is 12.6. The van der Waals surface area contributed by atoms with Gasteiger partial charge in [0.2, 0.25) is 0 Å². The van der Waals surface area contributed by atoms with E-state index in [1.165, 1.54) is 60.7 Å². The maximum absolute atomic E-state index is 12.6. The second kappa shape index (κ2) is 16.7. The molecule has 19 nitrogen and oxygen atoms in total. The van der Waals surface area contributed by atoms with Gasteiger partial charge in [-0.25, -0.2) is 0 Å². The molecule has 0 radical (unpaired) electrons. The van der Waals surface area contributed by atoms with Gasteiger partial charge in [0.1, 0.15) is 57.3 Å². The average Bonchev–Trinajstić information content (AvgIpc) is 3.17. The summed E-state index contributed by atoms with van der Waals surface area (Å²) in [5, 5.41) is 60.6. The number of nitrogens with zero attached hydrogens (tertiary/aromatic N) is 4. The number of ether oxygens (including phenoxy) is 2. The fourth-order valence-corrected chi connectivity index (χ4v) is 7.21. The number of benzene rings is 6. The number of phenols is 2. The van der Waals surface area contributed by atoms with Crippen LogP contribution in [0.15, 0.2) is 103 Å². The molecule has 0 unspecified atom stereocenters. The van der Waals surface area contributed by atoms with Crippen molar-refractivity contribution in [3.05, 3.63) is 83.9 Å². The molecule has 0 amide bonds. The fraction of sp³-hybridized carbons (Fsp3) is 0.158. The molecule has 0 aliphatic rings. The Hall–Kier alpha value is -6.62. The average molecular weight is 848 g/mol. The molecule has 0 aliphatic carbocycles. The first kappa shape index (κ1) is 42.0. The third kappa shape index (κ3) is 9.09. The zero-order chi connectivity index (χ0) is 42.8. The molecule has 11 N–H and O–H groups in total. The van der Waals surface area contributed by atoms with Crippen LogP contribution in [0.2, 0.25) is 0 Å². The van der Waals surface area contributed by atoms with Crippen LogP contribution in [0.4, 0.5) is 45.5 Å². The molecule has 0 aromatic heterocycles. The molecule has 6 aromatic rings. The molecule has 6 rings (SSSR count). The van der Waals surface area contributed by atoms with Gasteiger partial charge in [-0.15, -0.1) is 20.5 Å². The molecule has 308 valence electrons. The predicted octanol–water partition coefficient (Wildman–Crippen LogP) is 7.00. The van der Waals surface area contributed by atoms with Gasteiger partial charge in [0.25, 0.3) is 20.2 Å². The summed E-state index contributed by atoms with van der Waals surface area (Å²) in [4.78, 5) is -1.53. The van der Waals surface area contributed by atoms with Crippen molar-refractivity contribution in [2.75, 3.05) is 43.2 Å². The zero-order valence-electron chi connectivity index (χ0n) is 31.1. The summed E-state index contributed by atoms with van der Waals surface area (Å²) in [6, 6.07) is 17.0. The Morgan fingerprint density at radius 2 is 0.983 bits per heavy atom. The van der Waals surface area contributed by atoms with Crippen molar-refractivity contribution in [2.24, 2.45) is 20.5 Å². The van der Waals surface area contributed by atoms with Crippen LogP contribution in [0.3, 0.4) is 0 Å². The standard InChI is InChI=1S/C38H37N7O12S2/c1-19-11-29(31(17-27(19)39)56-9-7-46)42-44-35-33(58(50,51)52)15-21-13-23(3-5-25(21)37(35)48)41-24-4-6-26-22(14-24)16-34(59(53,54)55)36(38(26)49)45-43-30-12-20(2)28(40)18-32(30)57-10-8-47/h3-6,11-18,41,46-49H,7-10,39-40H2,1-2H3,(H,50,51,52)(H,53,54,55). The van der Waals surface area contributed by atoms with Crippen molar-refractivity contribution in [2.45, 2.75) is 23.6 Å². The van der Waals surface area contributed by atoms with E-state index >= 15 is 0 Å². The summed E-state index contributed by atoms with van der Waals surface area (Å²) in [7, 11) is -9.97. The van der Waals surface area contributed by atoms with Crippen molar-refractivity contribution in [3.63, 3.8) is 0 Å². The van der Waals surface area contributed by atoms with E-state index in [0.717, 1.165) is 12.1 Å². The molecule has 0 fully saturated rings. The Labute approximate surface area is 336 Å². The number of hydrogen-bond acceptors (Lipinski definition) is 17. The van der Waals surface area contributed by atoms with E-state index in [-0.39, 0.29) is 70.8 Å². The summed E-state index contributed by atoms with van der Waals surface area (Å²) < 4.78 is 81.5. The van der Waals surface area contributed by atoms with E-state index in [9.17, 15) is 46.4 Å². The smallest absolute Gasteiger partial charge is 0.296 e. The number of aliphatic hydroxyl groups excluding tert-OH is 2. The molecular formula is C38H37N7O12S2. The van der Waals surface area contributed by atoms with Crippen molar-refractivity contribution < 1.29 is 55.8 Å². The monoisotopic (exact) mass is 847 g/mol. The van der Waals surface area contributed by atoms with Gasteiger partial charge in [-0.05, 0) is 96.4 Å². The number of anilines is 4. The number of aromatic hydroxyl groups is 2. The SMILES string of the molecule is Cc1cc(N=Nc2c(S(=O)(=O)O)cc3cc(Nc4ccc5c(O)c(N=Nc6cc(C)c(N)cc6OCCO)c(S(=O)(=O)O)cc5c4)ccc3c2O)c(OCCO)cc1N. The van der Waals surface area contributed by atoms with Crippen LogP contribution in [0.1, 0.15) is 11.1 Å². The number of nitrogens with two attached hydrogens (primary N) is 2. The minimum Gasteiger partial charge on any atom is -0.505 e. The number of nitrogen functional groups attached to an aromatic ring is 2. The first-order valence-electron chi connectivity index (χ1n) is 17.3. The van der Waals surface area contributed by atoms with E-state index in [0.29, 0.717) is 33.9 Å². The van der Waals surface area contributed by atoms with Crippen molar-refractivity contribution in [1.29, 1.82) is 0 Å². The highest BCUT2D eigenvalue weighted by Gasteiger charge is 2.24. The first-order valence-corrected chi connectivity index (χ1v) is 20.2. The van der Waals surface area contributed by atoms with Crippen LogP contribution < -0.4 is 26.3 Å². The number of rotatable bonds is 14. The molecule has 21 heteroatoms. The van der Waals surface area contributed by atoms with Crippen LogP contribution in [0.5, 0.6) is 23.0 Å². The fourth-order valence-electron chi connectivity index (χ4n) is 5.90. The second-order valence-corrected chi connectivity index (χ2v) is 15.8.